The average Bonchev–Trinajstić information content (AvgIpc) is 2.97. The summed E-state index contributed by atoms with van der Waals surface area (Å²) in [6.07, 6.45) is 2.44. The number of hydrogen-bond donors (Lipinski definition) is 2. The molecule has 7 heteroatoms. The SMILES string of the molecule is Nc1cc(C(=O)O)cnc1N1CCC(N2CCOCC2)C1. The maximum Gasteiger partial charge on any atom is 0.337 e. The van der Waals surface area contributed by atoms with E-state index in [2.05, 4.69) is 14.8 Å². The Bertz CT molecular complexity index is 531. The summed E-state index contributed by atoms with van der Waals surface area (Å²) in [5.74, 6) is -0.316. The lowest BCUT2D eigenvalue weighted by atomic mass is 10.2. The summed E-state index contributed by atoms with van der Waals surface area (Å²) in [7, 11) is 0. The summed E-state index contributed by atoms with van der Waals surface area (Å²) in [6.45, 7) is 5.31. The van der Waals surface area contributed by atoms with Crippen molar-refractivity contribution in [1.82, 2.24) is 9.88 Å². The monoisotopic (exact) mass is 292 g/mol. The van der Waals surface area contributed by atoms with Crippen LogP contribution in [0.4, 0.5) is 11.5 Å². The highest BCUT2D eigenvalue weighted by molar-refractivity contribution is 5.89. The summed E-state index contributed by atoms with van der Waals surface area (Å²) in [6, 6.07) is 1.97. The number of carboxylic acid groups (broad SMARTS) is 1. The summed E-state index contributed by atoms with van der Waals surface area (Å²) < 4.78 is 5.38. The second-order valence-corrected chi connectivity index (χ2v) is 5.48. The van der Waals surface area contributed by atoms with Crippen LogP contribution in [0.5, 0.6) is 0 Å². The van der Waals surface area contributed by atoms with E-state index in [1.54, 1.807) is 0 Å². The second kappa shape index (κ2) is 5.87. The fourth-order valence-electron chi connectivity index (χ4n) is 3.03. The molecule has 114 valence electrons. The molecular formula is C14H20N4O3. The van der Waals surface area contributed by atoms with Gasteiger partial charge in [-0.05, 0) is 12.5 Å². The van der Waals surface area contributed by atoms with Gasteiger partial charge in [-0.2, -0.15) is 0 Å². The first-order valence-corrected chi connectivity index (χ1v) is 7.20. The van der Waals surface area contributed by atoms with Crippen LogP contribution in [0.1, 0.15) is 16.8 Å². The molecular weight excluding hydrogens is 272 g/mol. The molecule has 1 aromatic rings. The molecule has 1 unspecified atom stereocenters. The molecule has 0 spiro atoms. The molecule has 3 rings (SSSR count). The molecule has 2 saturated heterocycles. The Balaban J connectivity index is 1.69. The van der Waals surface area contributed by atoms with Crippen LogP contribution < -0.4 is 10.6 Å². The maximum atomic E-state index is 10.9. The van der Waals surface area contributed by atoms with Gasteiger partial charge < -0.3 is 20.5 Å². The molecule has 2 fully saturated rings. The number of ether oxygens (including phenoxy) is 1. The molecule has 3 heterocycles. The van der Waals surface area contributed by atoms with Gasteiger partial charge in [0.15, 0.2) is 5.82 Å². The number of aromatic carboxylic acids is 1. The standard InChI is InChI=1S/C14H20N4O3/c15-12-7-10(14(19)20)8-16-13(12)18-2-1-11(9-18)17-3-5-21-6-4-17/h7-8,11H,1-6,9,15H2,(H,19,20). The average molecular weight is 292 g/mol. The molecule has 1 atom stereocenters. The van der Waals surface area contributed by atoms with Crippen molar-refractivity contribution in [2.45, 2.75) is 12.5 Å². The number of nitrogen functional groups attached to an aromatic ring is 1. The summed E-state index contributed by atoms with van der Waals surface area (Å²) in [4.78, 5) is 19.7. The van der Waals surface area contributed by atoms with Gasteiger partial charge in [-0.15, -0.1) is 0 Å². The van der Waals surface area contributed by atoms with Crippen LogP contribution in [0.3, 0.4) is 0 Å². The van der Waals surface area contributed by atoms with Gasteiger partial charge in [0.2, 0.25) is 0 Å². The first-order valence-electron chi connectivity index (χ1n) is 7.20. The lowest BCUT2D eigenvalue weighted by molar-refractivity contribution is 0.0209. The third kappa shape index (κ3) is 2.93. The Morgan fingerprint density at radius 3 is 2.81 bits per heavy atom. The zero-order chi connectivity index (χ0) is 14.8. The van der Waals surface area contributed by atoms with Gasteiger partial charge in [-0.25, -0.2) is 9.78 Å². The fourth-order valence-corrected chi connectivity index (χ4v) is 3.03. The molecule has 1 aromatic heterocycles. The Morgan fingerprint density at radius 2 is 2.14 bits per heavy atom. The fraction of sp³-hybridized carbons (Fsp3) is 0.571. The second-order valence-electron chi connectivity index (χ2n) is 5.48. The largest absolute Gasteiger partial charge is 0.478 e. The van der Waals surface area contributed by atoms with Crippen molar-refractivity contribution in [2.75, 3.05) is 50.0 Å². The summed E-state index contributed by atoms with van der Waals surface area (Å²) >= 11 is 0. The van der Waals surface area contributed by atoms with Gasteiger partial charge in [-0.1, -0.05) is 0 Å². The zero-order valence-corrected chi connectivity index (χ0v) is 11.9. The van der Waals surface area contributed by atoms with Gasteiger partial charge in [0, 0.05) is 38.4 Å². The predicted molar refractivity (Wildman–Crippen MR) is 78.6 cm³/mol. The number of nitrogens with two attached hydrogens (primary N) is 1. The summed E-state index contributed by atoms with van der Waals surface area (Å²) in [5, 5.41) is 8.95. The molecule has 2 aliphatic rings. The van der Waals surface area contributed by atoms with Crippen molar-refractivity contribution in [3.05, 3.63) is 17.8 Å². The topological polar surface area (TPSA) is 91.9 Å². The number of anilines is 2. The lowest BCUT2D eigenvalue weighted by Gasteiger charge is -2.32. The summed E-state index contributed by atoms with van der Waals surface area (Å²) in [5.41, 5.74) is 6.52. The smallest absolute Gasteiger partial charge is 0.337 e. The number of rotatable bonds is 3. The van der Waals surface area contributed by atoms with E-state index in [0.29, 0.717) is 17.5 Å². The van der Waals surface area contributed by atoms with E-state index in [9.17, 15) is 4.79 Å². The number of carbonyl (C=O) groups is 1. The van der Waals surface area contributed by atoms with Crippen molar-refractivity contribution in [2.24, 2.45) is 0 Å². The first kappa shape index (κ1) is 14.1. The molecule has 0 amide bonds. The lowest BCUT2D eigenvalue weighted by Crippen LogP contribution is -2.44. The van der Waals surface area contributed by atoms with Gasteiger partial charge >= 0.3 is 5.97 Å². The normalized spacial score (nSPS) is 23.4. The van der Waals surface area contributed by atoms with Crippen molar-refractivity contribution >= 4 is 17.5 Å². The molecule has 2 aliphatic heterocycles. The minimum Gasteiger partial charge on any atom is -0.478 e. The third-order valence-electron chi connectivity index (χ3n) is 4.17. The number of aromatic nitrogens is 1. The van der Waals surface area contributed by atoms with Gasteiger partial charge in [0.05, 0.1) is 24.5 Å². The van der Waals surface area contributed by atoms with E-state index < -0.39 is 5.97 Å². The van der Waals surface area contributed by atoms with Crippen LogP contribution in [0.25, 0.3) is 0 Å². The molecule has 0 bridgehead atoms. The van der Waals surface area contributed by atoms with Crippen LogP contribution in [0, 0.1) is 0 Å². The Kier molecular flexibility index (Phi) is 3.94. The van der Waals surface area contributed by atoms with Crippen molar-refractivity contribution in [1.29, 1.82) is 0 Å². The molecule has 0 saturated carbocycles. The van der Waals surface area contributed by atoms with Gasteiger partial charge in [-0.3, -0.25) is 4.90 Å². The predicted octanol–water partition coefficient (Wildman–Crippen LogP) is 0.273. The minimum absolute atomic E-state index is 0.125. The quantitative estimate of drug-likeness (QED) is 0.826. The highest BCUT2D eigenvalue weighted by Crippen LogP contribution is 2.27. The highest BCUT2D eigenvalue weighted by Gasteiger charge is 2.30. The number of morpholine rings is 1. The van der Waals surface area contributed by atoms with E-state index in [1.807, 2.05) is 0 Å². The van der Waals surface area contributed by atoms with Crippen LogP contribution in [-0.4, -0.2) is 66.4 Å². The third-order valence-corrected chi connectivity index (χ3v) is 4.17. The maximum absolute atomic E-state index is 10.9. The van der Waals surface area contributed by atoms with E-state index >= 15 is 0 Å². The van der Waals surface area contributed by atoms with E-state index in [-0.39, 0.29) is 5.56 Å². The van der Waals surface area contributed by atoms with Gasteiger partial charge in [0.25, 0.3) is 0 Å². The molecule has 0 aliphatic carbocycles. The Hall–Kier alpha value is -1.86. The van der Waals surface area contributed by atoms with Crippen LogP contribution in [0.2, 0.25) is 0 Å². The number of nitrogens with zero attached hydrogens (tertiary/aromatic N) is 3. The molecule has 0 radical (unpaired) electrons. The Labute approximate surface area is 123 Å². The van der Waals surface area contributed by atoms with Crippen molar-refractivity contribution in [3.63, 3.8) is 0 Å². The number of pyridine rings is 1. The molecule has 0 aromatic carbocycles. The van der Waals surface area contributed by atoms with Crippen LogP contribution >= 0.6 is 0 Å². The van der Waals surface area contributed by atoms with Crippen molar-refractivity contribution in [3.8, 4) is 0 Å². The highest BCUT2D eigenvalue weighted by atomic mass is 16.5. The zero-order valence-electron chi connectivity index (χ0n) is 11.9. The van der Waals surface area contributed by atoms with Gasteiger partial charge in [0.1, 0.15) is 0 Å². The van der Waals surface area contributed by atoms with E-state index in [4.69, 9.17) is 15.6 Å². The Morgan fingerprint density at radius 1 is 1.38 bits per heavy atom. The molecule has 3 N–H and O–H groups in total. The number of hydrogen-bond acceptors (Lipinski definition) is 6. The van der Waals surface area contributed by atoms with E-state index in [1.165, 1.54) is 12.3 Å². The first-order chi connectivity index (χ1) is 10.1. The van der Waals surface area contributed by atoms with Crippen LogP contribution in [0.15, 0.2) is 12.3 Å². The molecule has 21 heavy (non-hydrogen) atoms. The van der Waals surface area contributed by atoms with Crippen molar-refractivity contribution < 1.29 is 14.6 Å². The number of carboxylic acids is 1. The minimum atomic E-state index is -1.01. The van der Waals surface area contributed by atoms with Crippen LogP contribution in [-0.2, 0) is 4.74 Å². The van der Waals surface area contributed by atoms with E-state index in [0.717, 1.165) is 45.8 Å². The molecule has 7 nitrogen and oxygen atoms in total.